The minimum Gasteiger partial charge on any atom is -0.268 e. The molecule has 1 aliphatic rings. The van der Waals surface area contributed by atoms with E-state index in [1.165, 1.54) is 25.7 Å². The number of hydrogen-bond acceptors (Lipinski definition) is 2. The Bertz CT molecular complexity index is 467. The van der Waals surface area contributed by atoms with E-state index in [-0.39, 0.29) is 16.4 Å². The smallest absolute Gasteiger partial charge is 0.264 e. The van der Waals surface area contributed by atoms with E-state index in [1.807, 2.05) is 6.07 Å². The largest absolute Gasteiger partial charge is 0.268 e. The molecule has 0 aromatic carbocycles. The van der Waals surface area contributed by atoms with Gasteiger partial charge in [0.1, 0.15) is 0 Å². The molecule has 2 rings (SSSR count). The summed E-state index contributed by atoms with van der Waals surface area (Å²) in [5, 5.41) is 7.06. The first-order valence-corrected chi connectivity index (χ1v) is 8.25. The van der Waals surface area contributed by atoms with Crippen LogP contribution in [0.15, 0.2) is 16.9 Å². The zero-order chi connectivity index (χ0) is 14.6. The standard InChI is InChI=1S/C16H25ClN2O/c1-3-5-6-12-9-10-16(4-2,11-13(12)17)14-7-8-15(20)19-18-14/h7-8,12-13H,3-6,9-11H2,1-2H3,(H,19,20). The molecule has 3 atom stereocenters. The van der Waals surface area contributed by atoms with Crippen LogP contribution in [0.1, 0.15) is 64.5 Å². The van der Waals surface area contributed by atoms with Gasteiger partial charge in [0.2, 0.25) is 0 Å². The average molecular weight is 297 g/mol. The molecule has 0 bridgehead atoms. The topological polar surface area (TPSA) is 45.8 Å². The SMILES string of the molecule is CCCCC1CCC(CC)(c2ccc(=O)[nH]n2)CC1Cl. The molecule has 0 radical (unpaired) electrons. The fraction of sp³-hybridized carbons (Fsp3) is 0.750. The van der Waals surface area contributed by atoms with Gasteiger partial charge in [0, 0.05) is 16.9 Å². The van der Waals surface area contributed by atoms with Gasteiger partial charge in [-0.1, -0.05) is 26.7 Å². The van der Waals surface area contributed by atoms with Crippen LogP contribution in [-0.2, 0) is 5.41 Å². The van der Waals surface area contributed by atoms with Gasteiger partial charge in [0.05, 0.1) is 5.69 Å². The summed E-state index contributed by atoms with van der Waals surface area (Å²) in [6, 6.07) is 3.45. The van der Waals surface area contributed by atoms with Gasteiger partial charge in [0.15, 0.2) is 0 Å². The van der Waals surface area contributed by atoms with Crippen LogP contribution in [0.4, 0.5) is 0 Å². The van der Waals surface area contributed by atoms with Crippen molar-refractivity contribution in [3.63, 3.8) is 0 Å². The lowest BCUT2D eigenvalue weighted by Gasteiger charge is -2.42. The molecule has 1 aromatic rings. The molecule has 1 aliphatic carbocycles. The van der Waals surface area contributed by atoms with Gasteiger partial charge in [0.25, 0.3) is 5.56 Å². The van der Waals surface area contributed by atoms with Crippen molar-refractivity contribution in [2.75, 3.05) is 0 Å². The van der Waals surface area contributed by atoms with E-state index in [9.17, 15) is 4.79 Å². The van der Waals surface area contributed by atoms with E-state index in [4.69, 9.17) is 11.6 Å². The molecule has 1 fully saturated rings. The summed E-state index contributed by atoms with van der Waals surface area (Å²) in [5.41, 5.74) is 0.900. The third-order valence-corrected chi connectivity index (χ3v) is 5.43. The summed E-state index contributed by atoms with van der Waals surface area (Å²) in [6.07, 6.45) is 8.03. The number of aromatic nitrogens is 2. The molecule has 20 heavy (non-hydrogen) atoms. The van der Waals surface area contributed by atoms with E-state index in [0.717, 1.165) is 25.0 Å². The van der Waals surface area contributed by atoms with Crippen LogP contribution in [-0.4, -0.2) is 15.6 Å². The molecule has 1 N–H and O–H groups in total. The summed E-state index contributed by atoms with van der Waals surface area (Å²) < 4.78 is 0. The van der Waals surface area contributed by atoms with Crippen LogP contribution in [0.3, 0.4) is 0 Å². The highest BCUT2D eigenvalue weighted by molar-refractivity contribution is 6.20. The number of nitrogens with zero attached hydrogens (tertiary/aromatic N) is 1. The second-order valence-corrected chi connectivity index (χ2v) is 6.66. The van der Waals surface area contributed by atoms with Gasteiger partial charge in [-0.3, -0.25) is 4.79 Å². The van der Waals surface area contributed by atoms with Gasteiger partial charge in [-0.05, 0) is 44.1 Å². The Morgan fingerprint density at radius 3 is 2.80 bits per heavy atom. The fourth-order valence-corrected chi connectivity index (χ4v) is 4.00. The number of halogens is 1. The van der Waals surface area contributed by atoms with Crippen LogP contribution < -0.4 is 5.56 Å². The molecule has 4 heteroatoms. The van der Waals surface area contributed by atoms with Gasteiger partial charge < -0.3 is 0 Å². The maximum Gasteiger partial charge on any atom is 0.264 e. The van der Waals surface area contributed by atoms with Gasteiger partial charge in [-0.15, -0.1) is 11.6 Å². The minimum atomic E-state index is -0.140. The Hall–Kier alpha value is -0.830. The molecule has 3 nitrogen and oxygen atoms in total. The van der Waals surface area contributed by atoms with Crippen molar-refractivity contribution in [2.24, 2.45) is 5.92 Å². The third-order valence-electron chi connectivity index (χ3n) is 4.92. The predicted octanol–water partition coefficient (Wildman–Crippen LogP) is 4.02. The van der Waals surface area contributed by atoms with E-state index >= 15 is 0 Å². The van der Waals surface area contributed by atoms with E-state index in [1.54, 1.807) is 6.07 Å². The van der Waals surface area contributed by atoms with Crippen LogP contribution in [0, 0.1) is 5.92 Å². The maximum atomic E-state index is 11.2. The molecule has 1 saturated carbocycles. The van der Waals surface area contributed by atoms with Gasteiger partial charge >= 0.3 is 0 Å². The zero-order valence-electron chi connectivity index (χ0n) is 12.5. The quantitative estimate of drug-likeness (QED) is 0.834. The van der Waals surface area contributed by atoms with E-state index in [2.05, 4.69) is 24.0 Å². The maximum absolute atomic E-state index is 11.2. The number of alkyl halides is 1. The van der Waals surface area contributed by atoms with Gasteiger partial charge in [-0.2, -0.15) is 5.10 Å². The summed E-state index contributed by atoms with van der Waals surface area (Å²) >= 11 is 6.66. The molecule has 0 aliphatic heterocycles. The average Bonchev–Trinajstić information content (AvgIpc) is 2.46. The zero-order valence-corrected chi connectivity index (χ0v) is 13.2. The fourth-order valence-electron chi connectivity index (χ4n) is 3.45. The molecule has 0 amide bonds. The molecule has 1 aromatic heterocycles. The summed E-state index contributed by atoms with van der Waals surface area (Å²) in [6.45, 7) is 4.43. The first-order chi connectivity index (χ1) is 9.61. The Balaban J connectivity index is 2.14. The number of hydrogen-bond donors (Lipinski definition) is 1. The molecular weight excluding hydrogens is 272 g/mol. The highest BCUT2D eigenvalue weighted by Crippen LogP contribution is 2.46. The molecule has 112 valence electrons. The van der Waals surface area contributed by atoms with Crippen LogP contribution >= 0.6 is 11.6 Å². The lowest BCUT2D eigenvalue weighted by Crippen LogP contribution is -2.38. The minimum absolute atomic E-state index is 0.0410. The van der Waals surface area contributed by atoms with Crippen molar-refractivity contribution in [1.82, 2.24) is 10.2 Å². The van der Waals surface area contributed by atoms with Crippen LogP contribution in [0.2, 0.25) is 0 Å². The number of H-pyrrole nitrogens is 1. The lowest BCUT2D eigenvalue weighted by atomic mass is 9.66. The molecular formula is C16H25ClN2O. The lowest BCUT2D eigenvalue weighted by molar-refractivity contribution is 0.212. The van der Waals surface area contributed by atoms with Crippen molar-refractivity contribution in [1.29, 1.82) is 0 Å². The first-order valence-electron chi connectivity index (χ1n) is 7.81. The third kappa shape index (κ3) is 3.25. The van der Waals surface area contributed by atoms with Crippen molar-refractivity contribution < 1.29 is 0 Å². The Kier molecular flexibility index (Phi) is 5.25. The second kappa shape index (κ2) is 6.75. The number of rotatable bonds is 5. The Labute approximate surface area is 126 Å². The molecule has 0 saturated heterocycles. The molecule has 1 heterocycles. The highest BCUT2D eigenvalue weighted by atomic mass is 35.5. The van der Waals surface area contributed by atoms with E-state index < -0.39 is 0 Å². The highest BCUT2D eigenvalue weighted by Gasteiger charge is 2.41. The number of nitrogens with one attached hydrogen (secondary N) is 1. The monoisotopic (exact) mass is 296 g/mol. The second-order valence-electron chi connectivity index (χ2n) is 6.10. The normalized spacial score (nSPS) is 30.4. The Morgan fingerprint density at radius 2 is 2.25 bits per heavy atom. The molecule has 3 unspecified atom stereocenters. The first kappa shape index (κ1) is 15.6. The van der Waals surface area contributed by atoms with Crippen molar-refractivity contribution in [3.05, 3.63) is 28.2 Å². The summed E-state index contributed by atoms with van der Waals surface area (Å²) in [7, 11) is 0. The number of unbranched alkanes of at least 4 members (excludes halogenated alkanes) is 1. The van der Waals surface area contributed by atoms with Crippen molar-refractivity contribution in [2.45, 2.75) is 69.6 Å². The van der Waals surface area contributed by atoms with Gasteiger partial charge in [-0.25, -0.2) is 5.10 Å². The van der Waals surface area contributed by atoms with Crippen molar-refractivity contribution in [3.8, 4) is 0 Å². The predicted molar refractivity (Wildman–Crippen MR) is 83.3 cm³/mol. The van der Waals surface area contributed by atoms with Crippen LogP contribution in [0.25, 0.3) is 0 Å². The Morgan fingerprint density at radius 1 is 1.45 bits per heavy atom. The summed E-state index contributed by atoms with van der Waals surface area (Å²) in [5.74, 6) is 0.638. The van der Waals surface area contributed by atoms with E-state index in [0.29, 0.717) is 5.92 Å². The van der Waals surface area contributed by atoms with Crippen LogP contribution in [0.5, 0.6) is 0 Å². The summed E-state index contributed by atoms with van der Waals surface area (Å²) in [4.78, 5) is 11.2. The molecule has 0 spiro atoms. The number of aromatic amines is 1. The van der Waals surface area contributed by atoms with Crippen molar-refractivity contribution >= 4 is 11.6 Å².